The first-order valence-electron chi connectivity index (χ1n) is 4.94. The van der Waals surface area contributed by atoms with Gasteiger partial charge in [-0.3, -0.25) is 4.79 Å². The first-order valence-corrected chi connectivity index (χ1v) is 4.94. The minimum Gasteiger partial charge on any atom is -0.469 e. The molecule has 1 spiro atoms. The van der Waals surface area contributed by atoms with Crippen LogP contribution >= 0.6 is 12.4 Å². The van der Waals surface area contributed by atoms with Crippen molar-refractivity contribution in [1.29, 1.82) is 0 Å². The molecule has 0 bridgehead atoms. The number of esters is 1. The fraction of sp³-hybridized carbons (Fsp3) is 0.900. The van der Waals surface area contributed by atoms with E-state index in [1.165, 1.54) is 26.4 Å². The van der Waals surface area contributed by atoms with Crippen molar-refractivity contribution in [3.05, 3.63) is 0 Å². The van der Waals surface area contributed by atoms with Crippen LogP contribution in [0, 0.1) is 5.41 Å². The molecular formula is C10H18ClNO2. The Hall–Kier alpha value is -0.280. The smallest absolute Gasteiger partial charge is 0.312 e. The number of nitrogens with one attached hydrogen (secondary N) is 1. The molecule has 1 unspecified atom stereocenters. The van der Waals surface area contributed by atoms with Gasteiger partial charge in [0.25, 0.3) is 0 Å². The van der Waals surface area contributed by atoms with Gasteiger partial charge in [-0.1, -0.05) is 0 Å². The van der Waals surface area contributed by atoms with Crippen LogP contribution in [0.3, 0.4) is 0 Å². The lowest BCUT2D eigenvalue weighted by Crippen LogP contribution is -2.45. The van der Waals surface area contributed by atoms with Crippen LogP contribution in [-0.2, 0) is 9.53 Å². The molecule has 1 heterocycles. The molecule has 2 fully saturated rings. The number of rotatable bonds is 1. The standard InChI is InChI=1S/C10H17NO2.ClH/c1-9(8(12)13-2)6-10(11-7-9)4-3-5-10;/h11H,3-7H2,1-2H3;1H. The maximum atomic E-state index is 11.5. The molecule has 0 amide bonds. The summed E-state index contributed by atoms with van der Waals surface area (Å²) in [5.41, 5.74) is -0.00187. The molecule has 1 atom stereocenters. The normalized spacial score (nSPS) is 33.3. The molecule has 0 aromatic heterocycles. The van der Waals surface area contributed by atoms with Gasteiger partial charge in [0, 0.05) is 12.1 Å². The summed E-state index contributed by atoms with van der Waals surface area (Å²) in [6, 6.07) is 0. The number of hydrogen-bond acceptors (Lipinski definition) is 3. The first kappa shape index (κ1) is 11.8. The number of halogens is 1. The lowest BCUT2D eigenvalue weighted by molar-refractivity contribution is -0.151. The molecule has 3 nitrogen and oxygen atoms in total. The molecule has 4 heteroatoms. The molecule has 1 saturated heterocycles. The van der Waals surface area contributed by atoms with Gasteiger partial charge < -0.3 is 10.1 Å². The van der Waals surface area contributed by atoms with Gasteiger partial charge in [-0.25, -0.2) is 0 Å². The highest BCUT2D eigenvalue weighted by molar-refractivity contribution is 5.85. The van der Waals surface area contributed by atoms with Crippen LogP contribution in [0.25, 0.3) is 0 Å². The molecule has 2 aliphatic rings. The summed E-state index contributed by atoms with van der Waals surface area (Å²) in [6.45, 7) is 2.78. The van der Waals surface area contributed by atoms with Crippen LogP contribution < -0.4 is 5.32 Å². The van der Waals surface area contributed by atoms with Gasteiger partial charge in [-0.15, -0.1) is 12.4 Å². The molecule has 82 valence electrons. The summed E-state index contributed by atoms with van der Waals surface area (Å²) < 4.78 is 4.82. The molecule has 0 aromatic rings. The number of hydrogen-bond donors (Lipinski definition) is 1. The van der Waals surface area contributed by atoms with E-state index in [0.29, 0.717) is 0 Å². The highest BCUT2D eigenvalue weighted by atomic mass is 35.5. The lowest BCUT2D eigenvalue weighted by Gasteiger charge is -2.39. The Morgan fingerprint density at radius 3 is 2.43 bits per heavy atom. The zero-order valence-corrected chi connectivity index (χ0v) is 9.58. The molecule has 14 heavy (non-hydrogen) atoms. The van der Waals surface area contributed by atoms with E-state index >= 15 is 0 Å². The van der Waals surface area contributed by atoms with Crippen LogP contribution in [0.4, 0.5) is 0 Å². The summed E-state index contributed by atoms with van der Waals surface area (Å²) in [5, 5.41) is 3.47. The monoisotopic (exact) mass is 219 g/mol. The summed E-state index contributed by atoms with van der Waals surface area (Å²) >= 11 is 0. The maximum absolute atomic E-state index is 11.5. The number of carbonyl (C=O) groups excluding carboxylic acids is 1. The number of carbonyl (C=O) groups is 1. The van der Waals surface area contributed by atoms with Crippen molar-refractivity contribution < 1.29 is 9.53 Å². The Balaban J connectivity index is 0.000000980. The summed E-state index contributed by atoms with van der Waals surface area (Å²) in [4.78, 5) is 11.5. The highest BCUT2D eigenvalue weighted by Gasteiger charge is 2.52. The van der Waals surface area contributed by atoms with E-state index in [0.717, 1.165) is 13.0 Å². The lowest BCUT2D eigenvalue weighted by atomic mass is 9.71. The Labute approximate surface area is 91.0 Å². The summed E-state index contributed by atoms with van der Waals surface area (Å²) in [6.07, 6.45) is 4.69. The van der Waals surface area contributed by atoms with Crippen molar-refractivity contribution in [2.24, 2.45) is 5.41 Å². The van der Waals surface area contributed by atoms with E-state index in [4.69, 9.17) is 4.74 Å². The fourth-order valence-corrected chi connectivity index (χ4v) is 2.60. The van der Waals surface area contributed by atoms with Crippen molar-refractivity contribution in [2.45, 2.75) is 38.1 Å². The average molecular weight is 220 g/mol. The van der Waals surface area contributed by atoms with Crippen molar-refractivity contribution in [3.63, 3.8) is 0 Å². The van der Waals surface area contributed by atoms with Crippen LogP contribution in [0.15, 0.2) is 0 Å². The predicted octanol–water partition coefficient (Wildman–Crippen LogP) is 1.50. The minimum absolute atomic E-state index is 0. The van der Waals surface area contributed by atoms with Crippen LogP contribution in [0.1, 0.15) is 32.6 Å². The highest BCUT2D eigenvalue weighted by Crippen LogP contribution is 2.46. The second-order valence-electron chi connectivity index (χ2n) is 4.72. The molecule has 1 N–H and O–H groups in total. The molecule has 1 saturated carbocycles. The second kappa shape index (κ2) is 3.70. The first-order chi connectivity index (χ1) is 6.10. The van der Waals surface area contributed by atoms with E-state index in [1.807, 2.05) is 6.92 Å². The number of methoxy groups -OCH3 is 1. The van der Waals surface area contributed by atoms with Crippen molar-refractivity contribution >= 4 is 18.4 Å². The quantitative estimate of drug-likeness (QED) is 0.680. The van der Waals surface area contributed by atoms with Crippen LogP contribution in [-0.4, -0.2) is 25.2 Å². The Morgan fingerprint density at radius 2 is 2.07 bits per heavy atom. The fourth-order valence-electron chi connectivity index (χ4n) is 2.60. The van der Waals surface area contributed by atoms with Gasteiger partial charge in [0.2, 0.25) is 0 Å². The molecule has 1 aliphatic heterocycles. The van der Waals surface area contributed by atoms with Gasteiger partial charge >= 0.3 is 5.97 Å². The van der Waals surface area contributed by atoms with Gasteiger partial charge in [0.05, 0.1) is 12.5 Å². The molecular weight excluding hydrogens is 202 g/mol. The predicted molar refractivity (Wildman–Crippen MR) is 56.6 cm³/mol. The van der Waals surface area contributed by atoms with Gasteiger partial charge in [0.15, 0.2) is 0 Å². The zero-order chi connectivity index (χ0) is 9.53. The molecule has 0 radical (unpaired) electrons. The minimum atomic E-state index is -0.283. The van der Waals surface area contributed by atoms with Gasteiger partial charge in [0.1, 0.15) is 0 Å². The van der Waals surface area contributed by atoms with Crippen LogP contribution in [0.2, 0.25) is 0 Å². The third kappa shape index (κ3) is 1.63. The summed E-state index contributed by atoms with van der Waals surface area (Å²) in [5.74, 6) is -0.0659. The third-order valence-electron chi connectivity index (χ3n) is 3.57. The number of ether oxygens (including phenoxy) is 1. The average Bonchev–Trinajstić information content (AvgIpc) is 2.43. The van der Waals surface area contributed by atoms with E-state index < -0.39 is 0 Å². The van der Waals surface area contributed by atoms with Gasteiger partial charge in [-0.2, -0.15) is 0 Å². The topological polar surface area (TPSA) is 38.3 Å². The van der Waals surface area contributed by atoms with Crippen LogP contribution in [0.5, 0.6) is 0 Å². The van der Waals surface area contributed by atoms with E-state index in [1.54, 1.807) is 0 Å². The Morgan fingerprint density at radius 1 is 1.43 bits per heavy atom. The molecule has 1 aliphatic carbocycles. The largest absolute Gasteiger partial charge is 0.469 e. The summed E-state index contributed by atoms with van der Waals surface area (Å²) in [7, 11) is 1.47. The third-order valence-corrected chi connectivity index (χ3v) is 3.57. The Kier molecular flexibility index (Phi) is 3.12. The van der Waals surface area contributed by atoms with Crippen molar-refractivity contribution in [2.75, 3.05) is 13.7 Å². The second-order valence-corrected chi connectivity index (χ2v) is 4.72. The maximum Gasteiger partial charge on any atom is 0.312 e. The van der Waals surface area contributed by atoms with E-state index in [9.17, 15) is 4.79 Å². The van der Waals surface area contributed by atoms with Crippen molar-refractivity contribution in [1.82, 2.24) is 5.32 Å². The molecule has 0 aromatic carbocycles. The van der Waals surface area contributed by atoms with E-state index in [2.05, 4.69) is 5.32 Å². The van der Waals surface area contributed by atoms with Gasteiger partial charge in [-0.05, 0) is 32.6 Å². The van der Waals surface area contributed by atoms with Crippen molar-refractivity contribution in [3.8, 4) is 0 Å². The molecule has 2 rings (SSSR count). The SMILES string of the molecule is COC(=O)C1(C)CNC2(CCC2)C1.Cl. The zero-order valence-electron chi connectivity index (χ0n) is 8.76. The Bertz CT molecular complexity index is 240. The van der Waals surface area contributed by atoms with E-state index in [-0.39, 0.29) is 29.3 Å².